The summed E-state index contributed by atoms with van der Waals surface area (Å²) in [4.78, 5) is 15.5. The van der Waals surface area contributed by atoms with E-state index in [0.29, 0.717) is 18.7 Å². The smallest absolute Gasteiger partial charge is 0.220 e. The van der Waals surface area contributed by atoms with Crippen molar-refractivity contribution in [3.8, 4) is 11.3 Å². The van der Waals surface area contributed by atoms with Crippen molar-refractivity contribution < 1.29 is 9.18 Å². The van der Waals surface area contributed by atoms with Crippen LogP contribution in [0.4, 0.5) is 4.39 Å². The van der Waals surface area contributed by atoms with Crippen molar-refractivity contribution in [2.75, 3.05) is 6.54 Å². The summed E-state index contributed by atoms with van der Waals surface area (Å²) in [6.45, 7) is 2.36. The quantitative estimate of drug-likeness (QED) is 0.911. The first-order chi connectivity index (χ1) is 9.63. The van der Waals surface area contributed by atoms with E-state index in [2.05, 4.69) is 10.3 Å². The van der Waals surface area contributed by atoms with Crippen LogP contribution in [0.1, 0.15) is 23.6 Å². The first-order valence-electron chi connectivity index (χ1n) is 6.63. The molecule has 1 N–H and O–H groups in total. The van der Waals surface area contributed by atoms with Gasteiger partial charge in [-0.05, 0) is 24.6 Å². The van der Waals surface area contributed by atoms with E-state index in [1.165, 1.54) is 6.07 Å². The first kappa shape index (κ1) is 12.8. The first-order valence-corrected chi connectivity index (χ1v) is 6.63. The molecule has 0 saturated carbocycles. The predicted octanol–water partition coefficient (Wildman–Crippen LogP) is 2.80. The minimum Gasteiger partial charge on any atom is -0.355 e. The average molecular weight is 270 g/mol. The highest BCUT2D eigenvalue weighted by Crippen LogP contribution is 2.26. The average Bonchev–Trinajstić information content (AvgIpc) is 2.89. The highest BCUT2D eigenvalue weighted by atomic mass is 19.1. The van der Waals surface area contributed by atoms with Crippen LogP contribution in [0.15, 0.2) is 36.4 Å². The Labute approximate surface area is 116 Å². The van der Waals surface area contributed by atoms with Gasteiger partial charge in [-0.1, -0.05) is 24.3 Å². The molecule has 0 bridgehead atoms. The van der Waals surface area contributed by atoms with Crippen molar-refractivity contribution >= 4 is 5.91 Å². The van der Waals surface area contributed by atoms with Crippen LogP contribution >= 0.6 is 0 Å². The summed E-state index contributed by atoms with van der Waals surface area (Å²) in [5, 5.41) is 2.84. The number of hydrogen-bond donors (Lipinski definition) is 1. The number of pyridine rings is 1. The second-order valence-electron chi connectivity index (χ2n) is 5.09. The van der Waals surface area contributed by atoms with Gasteiger partial charge in [-0.25, -0.2) is 4.39 Å². The van der Waals surface area contributed by atoms with Crippen LogP contribution in [0.5, 0.6) is 0 Å². The molecule has 102 valence electrons. The van der Waals surface area contributed by atoms with Crippen molar-refractivity contribution in [1.82, 2.24) is 10.3 Å². The van der Waals surface area contributed by atoms with Gasteiger partial charge in [0, 0.05) is 24.4 Å². The molecule has 4 heteroatoms. The van der Waals surface area contributed by atoms with Crippen LogP contribution in [0.25, 0.3) is 11.3 Å². The molecule has 2 aromatic rings. The molecule has 1 aliphatic heterocycles. The maximum atomic E-state index is 13.2. The second kappa shape index (κ2) is 5.04. The molecule has 1 aliphatic rings. The van der Waals surface area contributed by atoms with Crippen LogP contribution in [-0.4, -0.2) is 17.4 Å². The van der Waals surface area contributed by atoms with Gasteiger partial charge in [0.25, 0.3) is 0 Å². The number of halogens is 1. The van der Waals surface area contributed by atoms with Crippen molar-refractivity contribution in [3.63, 3.8) is 0 Å². The summed E-state index contributed by atoms with van der Waals surface area (Å²) in [5.74, 6) is 0.0651. The Morgan fingerprint density at radius 3 is 2.55 bits per heavy atom. The monoisotopic (exact) mass is 270 g/mol. The van der Waals surface area contributed by atoms with Gasteiger partial charge < -0.3 is 5.32 Å². The molecule has 2 heterocycles. The van der Waals surface area contributed by atoms with E-state index in [1.807, 2.05) is 24.3 Å². The zero-order chi connectivity index (χ0) is 14.1. The maximum Gasteiger partial charge on any atom is 0.220 e. The summed E-state index contributed by atoms with van der Waals surface area (Å²) in [5.41, 5.74) is 3.26. The van der Waals surface area contributed by atoms with Crippen LogP contribution in [0.3, 0.4) is 0 Å². The summed E-state index contributed by atoms with van der Waals surface area (Å²) >= 11 is 0. The van der Waals surface area contributed by atoms with Gasteiger partial charge in [0.2, 0.25) is 5.91 Å². The number of nitrogens with zero attached hydrogens (tertiary/aromatic N) is 1. The standard InChI is InChI=1S/C16H15FN2O/c1-10-14(17)6-7-15(19-10)12-4-2-11(3-5-12)13-8-16(20)18-9-13/h2-7,13H,8-9H2,1H3,(H,18,20). The normalized spacial score (nSPS) is 18.1. The molecule has 1 saturated heterocycles. The fourth-order valence-electron chi connectivity index (χ4n) is 2.47. The number of aryl methyl sites for hydroxylation is 1. The van der Waals surface area contributed by atoms with Gasteiger partial charge >= 0.3 is 0 Å². The van der Waals surface area contributed by atoms with Gasteiger partial charge in [0.1, 0.15) is 5.82 Å². The Kier molecular flexibility index (Phi) is 3.22. The zero-order valence-electron chi connectivity index (χ0n) is 11.2. The zero-order valence-corrected chi connectivity index (χ0v) is 11.2. The molecular formula is C16H15FN2O. The number of benzene rings is 1. The Morgan fingerprint density at radius 2 is 1.95 bits per heavy atom. The molecule has 1 fully saturated rings. The van der Waals surface area contributed by atoms with Crippen molar-refractivity contribution in [3.05, 3.63) is 53.5 Å². The molecule has 3 nitrogen and oxygen atoms in total. The lowest BCUT2D eigenvalue weighted by Gasteiger charge is -2.09. The molecule has 20 heavy (non-hydrogen) atoms. The molecule has 0 spiro atoms. The Bertz CT molecular complexity index is 652. The summed E-state index contributed by atoms with van der Waals surface area (Å²) in [7, 11) is 0. The Balaban J connectivity index is 1.85. The van der Waals surface area contributed by atoms with Crippen molar-refractivity contribution in [2.24, 2.45) is 0 Å². The molecule has 1 unspecified atom stereocenters. The predicted molar refractivity (Wildman–Crippen MR) is 74.7 cm³/mol. The molecule has 0 aliphatic carbocycles. The number of aromatic nitrogens is 1. The van der Waals surface area contributed by atoms with E-state index < -0.39 is 0 Å². The lowest BCUT2D eigenvalue weighted by Crippen LogP contribution is -2.13. The minimum absolute atomic E-state index is 0.106. The highest BCUT2D eigenvalue weighted by molar-refractivity contribution is 5.79. The number of nitrogens with one attached hydrogen (secondary N) is 1. The van der Waals surface area contributed by atoms with Crippen molar-refractivity contribution in [1.29, 1.82) is 0 Å². The van der Waals surface area contributed by atoms with Gasteiger partial charge in [-0.3, -0.25) is 9.78 Å². The third-order valence-electron chi connectivity index (χ3n) is 3.68. The van der Waals surface area contributed by atoms with Gasteiger partial charge in [0.15, 0.2) is 0 Å². The van der Waals surface area contributed by atoms with Crippen LogP contribution in [-0.2, 0) is 4.79 Å². The molecular weight excluding hydrogens is 255 g/mol. The summed E-state index contributed by atoms with van der Waals surface area (Å²) < 4.78 is 13.2. The number of hydrogen-bond acceptors (Lipinski definition) is 2. The van der Waals surface area contributed by atoms with Crippen LogP contribution < -0.4 is 5.32 Å². The second-order valence-corrected chi connectivity index (χ2v) is 5.09. The van der Waals surface area contributed by atoms with E-state index in [-0.39, 0.29) is 17.6 Å². The van der Waals surface area contributed by atoms with E-state index in [9.17, 15) is 9.18 Å². The van der Waals surface area contributed by atoms with Crippen LogP contribution in [0, 0.1) is 12.7 Å². The van der Waals surface area contributed by atoms with E-state index in [0.717, 1.165) is 16.8 Å². The number of rotatable bonds is 2. The van der Waals surface area contributed by atoms with Crippen molar-refractivity contribution in [2.45, 2.75) is 19.3 Å². The third-order valence-corrected chi connectivity index (χ3v) is 3.68. The Hall–Kier alpha value is -2.23. The molecule has 1 aromatic carbocycles. The molecule has 3 rings (SSSR count). The van der Waals surface area contributed by atoms with E-state index in [4.69, 9.17) is 0 Å². The fraction of sp³-hybridized carbons (Fsp3) is 0.250. The minimum atomic E-state index is -0.291. The molecule has 0 radical (unpaired) electrons. The number of carbonyl (C=O) groups excluding carboxylic acids is 1. The highest BCUT2D eigenvalue weighted by Gasteiger charge is 2.22. The largest absolute Gasteiger partial charge is 0.355 e. The molecule has 1 atom stereocenters. The number of amides is 1. The fourth-order valence-corrected chi connectivity index (χ4v) is 2.47. The molecule has 1 amide bonds. The van der Waals surface area contributed by atoms with Crippen LogP contribution in [0.2, 0.25) is 0 Å². The third kappa shape index (κ3) is 2.41. The lowest BCUT2D eigenvalue weighted by molar-refractivity contribution is -0.119. The van der Waals surface area contributed by atoms with Gasteiger partial charge in [-0.2, -0.15) is 0 Å². The molecule has 1 aromatic heterocycles. The van der Waals surface area contributed by atoms with E-state index >= 15 is 0 Å². The summed E-state index contributed by atoms with van der Waals surface area (Å²) in [6, 6.07) is 11.1. The maximum absolute atomic E-state index is 13.2. The van der Waals surface area contributed by atoms with Gasteiger partial charge in [0.05, 0.1) is 11.4 Å². The van der Waals surface area contributed by atoms with E-state index in [1.54, 1.807) is 13.0 Å². The number of carbonyl (C=O) groups is 1. The lowest BCUT2D eigenvalue weighted by atomic mass is 9.96. The summed E-state index contributed by atoms with van der Waals surface area (Å²) in [6.07, 6.45) is 0.549. The van der Waals surface area contributed by atoms with Gasteiger partial charge in [-0.15, -0.1) is 0 Å². The SMILES string of the molecule is Cc1nc(-c2ccc(C3CNC(=O)C3)cc2)ccc1F. The topological polar surface area (TPSA) is 42.0 Å². The Morgan fingerprint density at radius 1 is 1.20 bits per heavy atom.